The number of hydrogen-bond acceptors (Lipinski definition) is 0. The van der Waals surface area contributed by atoms with Gasteiger partial charge in [-0.25, -0.2) is 0 Å². The lowest BCUT2D eigenvalue weighted by Gasteiger charge is -2.19. The van der Waals surface area contributed by atoms with E-state index in [-0.39, 0.29) is 0 Å². The van der Waals surface area contributed by atoms with E-state index in [1.807, 2.05) is 6.08 Å². The highest BCUT2D eigenvalue weighted by Crippen LogP contribution is 2.26. The second-order valence-corrected chi connectivity index (χ2v) is 10.8. The SMILES string of the molecule is BrCCCCCCc1ccc2c(c1)CC2.Brc1ccc2c(c1)CC2.C=CCCCCBr. The Labute approximate surface area is 215 Å². The molecule has 0 unspecified atom stereocenters. The van der Waals surface area contributed by atoms with Crippen molar-refractivity contribution in [3.8, 4) is 0 Å². The Morgan fingerprint density at radius 3 is 1.77 bits per heavy atom. The molecule has 0 N–H and O–H groups in total. The van der Waals surface area contributed by atoms with Gasteiger partial charge in [-0.3, -0.25) is 0 Å². The highest BCUT2D eigenvalue weighted by atomic mass is 79.9. The Kier molecular flexibility index (Phi) is 14.1. The fourth-order valence-electron chi connectivity index (χ4n) is 3.73. The van der Waals surface area contributed by atoms with E-state index in [1.165, 1.54) is 86.2 Å². The first kappa shape index (κ1) is 26.9. The normalized spacial score (nSPS) is 12.6. The van der Waals surface area contributed by atoms with Gasteiger partial charge >= 0.3 is 0 Å². The standard InChI is InChI=1S/C14H19Br.C8H7Br.C6H11Br/c15-10-4-2-1-3-5-12-6-7-13-8-9-14(13)11-12;9-8-4-3-6-1-2-7(6)5-8;1-2-3-4-5-6-7/h6-7,11H,1-5,8-10H2;3-5H,1-2H2;2H,1,3-6H2. The number of allylic oxidation sites excluding steroid dienone is 1. The molecule has 0 atom stereocenters. The molecule has 0 aliphatic heterocycles. The Hall–Kier alpha value is -0.380. The molecule has 3 heteroatoms. The van der Waals surface area contributed by atoms with Gasteiger partial charge in [-0.2, -0.15) is 0 Å². The summed E-state index contributed by atoms with van der Waals surface area (Å²) >= 11 is 10.2. The predicted molar refractivity (Wildman–Crippen MR) is 149 cm³/mol. The summed E-state index contributed by atoms with van der Waals surface area (Å²) in [5.74, 6) is 0. The summed E-state index contributed by atoms with van der Waals surface area (Å²) < 4.78 is 1.21. The first-order chi connectivity index (χ1) is 15.2. The van der Waals surface area contributed by atoms with Gasteiger partial charge in [0.15, 0.2) is 0 Å². The molecule has 170 valence electrons. The molecule has 0 saturated carbocycles. The molecule has 0 nitrogen and oxygen atoms in total. The summed E-state index contributed by atoms with van der Waals surface area (Å²) in [7, 11) is 0. The number of unbranched alkanes of at least 4 members (excludes halogenated alkanes) is 5. The quantitative estimate of drug-likeness (QED) is 0.142. The maximum Gasteiger partial charge on any atom is 0.0178 e. The predicted octanol–water partition coefficient (Wildman–Crippen LogP) is 9.57. The Morgan fingerprint density at radius 1 is 0.677 bits per heavy atom. The van der Waals surface area contributed by atoms with Crippen molar-refractivity contribution in [2.75, 3.05) is 10.7 Å². The molecule has 0 radical (unpaired) electrons. The second-order valence-electron chi connectivity index (χ2n) is 8.34. The lowest BCUT2D eigenvalue weighted by Crippen LogP contribution is -2.08. The fourth-order valence-corrected chi connectivity index (χ4v) is 4.93. The molecule has 2 aromatic rings. The minimum Gasteiger partial charge on any atom is -0.103 e. The van der Waals surface area contributed by atoms with Crippen LogP contribution in [0.1, 0.15) is 72.8 Å². The topological polar surface area (TPSA) is 0 Å². The van der Waals surface area contributed by atoms with Crippen LogP contribution >= 0.6 is 47.8 Å². The van der Waals surface area contributed by atoms with E-state index in [2.05, 4.69) is 90.8 Å². The zero-order valence-corrected chi connectivity index (χ0v) is 23.5. The van der Waals surface area contributed by atoms with E-state index in [1.54, 1.807) is 16.7 Å². The molecule has 0 heterocycles. The number of fused-ring (bicyclic) bond motifs is 2. The minimum atomic E-state index is 1.13. The van der Waals surface area contributed by atoms with Gasteiger partial charge in [0, 0.05) is 15.1 Å². The molecule has 0 amide bonds. The van der Waals surface area contributed by atoms with Crippen molar-refractivity contribution in [2.24, 2.45) is 0 Å². The number of alkyl halides is 2. The molecule has 2 aromatic carbocycles. The van der Waals surface area contributed by atoms with E-state index < -0.39 is 0 Å². The molecule has 4 rings (SSSR count). The Morgan fingerprint density at radius 2 is 1.26 bits per heavy atom. The molecule has 0 saturated heterocycles. The van der Waals surface area contributed by atoms with Crippen molar-refractivity contribution in [2.45, 2.75) is 77.0 Å². The van der Waals surface area contributed by atoms with Crippen molar-refractivity contribution in [1.29, 1.82) is 0 Å². The van der Waals surface area contributed by atoms with Gasteiger partial charge in [-0.1, -0.05) is 91.0 Å². The molecule has 2 aliphatic rings. The first-order valence-corrected chi connectivity index (χ1v) is 14.8. The summed E-state index contributed by atoms with van der Waals surface area (Å²) in [6.07, 6.45) is 17.5. The summed E-state index contributed by atoms with van der Waals surface area (Å²) in [5.41, 5.74) is 7.78. The van der Waals surface area contributed by atoms with E-state index in [0.29, 0.717) is 0 Å². The van der Waals surface area contributed by atoms with Gasteiger partial charge in [-0.05, 0) is 104 Å². The van der Waals surface area contributed by atoms with E-state index >= 15 is 0 Å². The highest BCUT2D eigenvalue weighted by molar-refractivity contribution is 9.10. The van der Waals surface area contributed by atoms with E-state index in [0.717, 1.165) is 17.1 Å². The largest absolute Gasteiger partial charge is 0.103 e. The molecule has 2 aliphatic carbocycles. The Bertz CT molecular complexity index is 782. The van der Waals surface area contributed by atoms with Crippen LogP contribution in [0.5, 0.6) is 0 Å². The van der Waals surface area contributed by atoms with Crippen LogP contribution in [0.15, 0.2) is 53.5 Å². The van der Waals surface area contributed by atoms with Gasteiger partial charge in [-0.15, -0.1) is 6.58 Å². The third kappa shape index (κ3) is 10.4. The maximum atomic E-state index is 3.62. The molecular weight excluding hydrogens is 576 g/mol. The van der Waals surface area contributed by atoms with Crippen LogP contribution in [-0.2, 0) is 32.1 Å². The van der Waals surface area contributed by atoms with E-state index in [4.69, 9.17) is 0 Å². The van der Waals surface area contributed by atoms with Crippen LogP contribution in [0.3, 0.4) is 0 Å². The summed E-state index contributed by atoms with van der Waals surface area (Å²) in [5, 5.41) is 2.28. The van der Waals surface area contributed by atoms with Crippen LogP contribution in [0.4, 0.5) is 0 Å². The van der Waals surface area contributed by atoms with Gasteiger partial charge in [0.05, 0.1) is 0 Å². The smallest absolute Gasteiger partial charge is 0.0178 e. The number of halogens is 3. The lowest BCUT2D eigenvalue weighted by molar-refractivity contribution is 0.670. The number of hydrogen-bond donors (Lipinski definition) is 0. The van der Waals surface area contributed by atoms with Gasteiger partial charge in [0.1, 0.15) is 0 Å². The third-order valence-corrected chi connectivity index (χ3v) is 7.52. The second kappa shape index (κ2) is 16.3. The molecule has 0 spiro atoms. The van der Waals surface area contributed by atoms with Crippen LogP contribution in [0, 0.1) is 0 Å². The summed E-state index contributed by atoms with van der Waals surface area (Å²) in [4.78, 5) is 0. The van der Waals surface area contributed by atoms with Crippen LogP contribution in [0.25, 0.3) is 0 Å². The monoisotopic (exact) mass is 610 g/mol. The zero-order valence-electron chi connectivity index (χ0n) is 18.8. The van der Waals surface area contributed by atoms with Gasteiger partial charge in [0.25, 0.3) is 0 Å². The molecule has 0 bridgehead atoms. The van der Waals surface area contributed by atoms with Crippen molar-refractivity contribution in [3.63, 3.8) is 0 Å². The van der Waals surface area contributed by atoms with E-state index in [9.17, 15) is 0 Å². The fraction of sp³-hybridized carbons (Fsp3) is 0.500. The molecule has 0 fully saturated rings. The van der Waals surface area contributed by atoms with Crippen molar-refractivity contribution >= 4 is 47.8 Å². The summed E-state index contributed by atoms with van der Waals surface area (Å²) in [6.45, 7) is 3.62. The highest BCUT2D eigenvalue weighted by Gasteiger charge is 2.12. The molecule has 31 heavy (non-hydrogen) atoms. The van der Waals surface area contributed by atoms with Crippen molar-refractivity contribution in [1.82, 2.24) is 0 Å². The van der Waals surface area contributed by atoms with Crippen LogP contribution in [-0.4, -0.2) is 10.7 Å². The minimum absolute atomic E-state index is 1.13. The average Bonchev–Trinajstić information content (AvgIpc) is 2.73. The van der Waals surface area contributed by atoms with Crippen LogP contribution < -0.4 is 0 Å². The Balaban J connectivity index is 0.000000182. The summed E-state index contributed by atoms with van der Waals surface area (Å²) in [6, 6.07) is 13.6. The number of benzene rings is 2. The number of rotatable bonds is 10. The van der Waals surface area contributed by atoms with Gasteiger partial charge < -0.3 is 0 Å². The lowest BCUT2D eigenvalue weighted by atomic mass is 9.86. The zero-order chi connectivity index (χ0) is 22.3. The maximum absolute atomic E-state index is 3.62. The van der Waals surface area contributed by atoms with Crippen LogP contribution in [0.2, 0.25) is 0 Å². The van der Waals surface area contributed by atoms with Gasteiger partial charge in [0.2, 0.25) is 0 Å². The number of aryl methyl sites for hydroxylation is 5. The molecule has 0 aromatic heterocycles. The third-order valence-electron chi connectivity index (χ3n) is 5.91. The van der Waals surface area contributed by atoms with Crippen molar-refractivity contribution < 1.29 is 0 Å². The average molecular weight is 613 g/mol. The van der Waals surface area contributed by atoms with Crippen molar-refractivity contribution in [3.05, 3.63) is 81.3 Å². The first-order valence-electron chi connectivity index (χ1n) is 11.8. The molecular formula is C28H37Br3.